The lowest BCUT2D eigenvalue weighted by Crippen LogP contribution is -2.29. The van der Waals surface area contributed by atoms with Crippen LogP contribution in [0.15, 0.2) is 36.5 Å². The standard InChI is InChI=1S/C16H19N3O/c1-16(2,3)19(20)12-14-11-17-15(18-14)10-9-13-7-5-4-6-8-13/h4-12H,1-3H3,(H,17,18)/b10-9-,19-12-. The van der Waals surface area contributed by atoms with Gasteiger partial charge >= 0.3 is 0 Å². The summed E-state index contributed by atoms with van der Waals surface area (Å²) in [4.78, 5) is 7.38. The SMILES string of the molecule is CC(C)(C)/[N+]([O-])=C/c1c[nH]c(/C=C\c2ccccc2)n1. The number of imidazole rings is 1. The minimum Gasteiger partial charge on any atom is -0.623 e. The zero-order valence-electron chi connectivity index (χ0n) is 12.0. The molecular formula is C16H19N3O. The largest absolute Gasteiger partial charge is 0.623 e. The van der Waals surface area contributed by atoms with Gasteiger partial charge in [-0.3, -0.25) is 0 Å². The van der Waals surface area contributed by atoms with Crippen molar-refractivity contribution in [2.45, 2.75) is 26.3 Å². The Morgan fingerprint density at radius 3 is 2.50 bits per heavy atom. The summed E-state index contributed by atoms with van der Waals surface area (Å²) in [6.07, 6.45) is 7.08. The van der Waals surface area contributed by atoms with Gasteiger partial charge in [0, 0.05) is 27.0 Å². The van der Waals surface area contributed by atoms with Gasteiger partial charge in [0.15, 0.2) is 5.54 Å². The van der Waals surface area contributed by atoms with Crippen molar-refractivity contribution in [3.63, 3.8) is 0 Å². The van der Waals surface area contributed by atoms with Gasteiger partial charge in [-0.1, -0.05) is 36.4 Å². The van der Waals surface area contributed by atoms with Crippen LogP contribution in [0.2, 0.25) is 0 Å². The van der Waals surface area contributed by atoms with E-state index in [-0.39, 0.29) is 0 Å². The van der Waals surface area contributed by atoms with E-state index < -0.39 is 5.54 Å². The van der Waals surface area contributed by atoms with Crippen LogP contribution >= 0.6 is 0 Å². The Kier molecular flexibility index (Phi) is 4.03. The van der Waals surface area contributed by atoms with Crippen LogP contribution in [0.4, 0.5) is 0 Å². The molecule has 0 saturated carbocycles. The van der Waals surface area contributed by atoms with Crippen molar-refractivity contribution < 1.29 is 4.74 Å². The van der Waals surface area contributed by atoms with Gasteiger partial charge in [0.25, 0.3) is 0 Å². The van der Waals surface area contributed by atoms with Gasteiger partial charge in [-0.15, -0.1) is 0 Å². The molecule has 2 rings (SSSR count). The van der Waals surface area contributed by atoms with E-state index in [4.69, 9.17) is 0 Å². The van der Waals surface area contributed by atoms with Crippen LogP contribution in [0.3, 0.4) is 0 Å². The van der Waals surface area contributed by atoms with Crippen molar-refractivity contribution in [1.82, 2.24) is 9.97 Å². The Morgan fingerprint density at radius 2 is 1.85 bits per heavy atom. The molecule has 0 radical (unpaired) electrons. The molecule has 0 unspecified atom stereocenters. The smallest absolute Gasteiger partial charge is 0.202 e. The fourth-order valence-corrected chi connectivity index (χ4v) is 1.56. The highest BCUT2D eigenvalue weighted by Gasteiger charge is 2.18. The number of hydrogen-bond donors (Lipinski definition) is 1. The molecule has 4 heteroatoms. The first-order chi connectivity index (χ1) is 9.45. The van der Waals surface area contributed by atoms with E-state index in [1.165, 1.54) is 6.21 Å². The van der Waals surface area contributed by atoms with E-state index in [0.29, 0.717) is 5.69 Å². The van der Waals surface area contributed by atoms with E-state index in [2.05, 4.69) is 9.97 Å². The Balaban J connectivity index is 2.12. The van der Waals surface area contributed by atoms with Gasteiger partial charge in [0.05, 0.1) is 0 Å². The average molecular weight is 269 g/mol. The first kappa shape index (κ1) is 14.1. The second kappa shape index (κ2) is 5.74. The molecule has 104 valence electrons. The molecule has 0 amide bonds. The first-order valence-electron chi connectivity index (χ1n) is 6.55. The molecule has 2 aromatic rings. The molecule has 0 bridgehead atoms. The monoisotopic (exact) mass is 269 g/mol. The van der Waals surface area contributed by atoms with E-state index >= 15 is 0 Å². The van der Waals surface area contributed by atoms with Gasteiger partial charge in [-0.2, -0.15) is 0 Å². The van der Waals surface area contributed by atoms with Gasteiger partial charge in [-0.25, -0.2) is 9.72 Å². The Labute approximate surface area is 119 Å². The van der Waals surface area contributed by atoms with E-state index in [1.54, 1.807) is 6.20 Å². The Bertz CT molecular complexity index is 619. The molecule has 0 aliphatic heterocycles. The normalized spacial score (nSPS) is 13.1. The van der Waals surface area contributed by atoms with Gasteiger partial charge in [0.2, 0.25) is 6.21 Å². The van der Waals surface area contributed by atoms with Crippen LogP contribution in [0.1, 0.15) is 37.9 Å². The molecule has 1 heterocycles. The molecule has 1 aromatic heterocycles. The van der Waals surface area contributed by atoms with Crippen LogP contribution in [0, 0.1) is 5.21 Å². The molecule has 0 saturated heterocycles. The van der Waals surface area contributed by atoms with Crippen LogP contribution in [0.25, 0.3) is 12.2 Å². The number of nitrogens with zero attached hydrogens (tertiary/aromatic N) is 2. The molecule has 0 atom stereocenters. The molecule has 1 N–H and O–H groups in total. The third-order valence-electron chi connectivity index (χ3n) is 2.76. The van der Waals surface area contributed by atoms with Crippen LogP contribution in [-0.4, -0.2) is 26.5 Å². The molecule has 0 aliphatic carbocycles. The summed E-state index contributed by atoms with van der Waals surface area (Å²) in [5.41, 5.74) is 1.27. The van der Waals surface area contributed by atoms with Crippen LogP contribution in [-0.2, 0) is 0 Å². The minimum absolute atomic E-state index is 0.459. The highest BCUT2D eigenvalue weighted by molar-refractivity contribution is 5.74. The third-order valence-corrected chi connectivity index (χ3v) is 2.76. The topological polar surface area (TPSA) is 54.8 Å². The lowest BCUT2D eigenvalue weighted by molar-refractivity contribution is -0.530. The number of benzene rings is 1. The van der Waals surface area contributed by atoms with Crippen molar-refractivity contribution in [3.05, 3.63) is 58.8 Å². The fourth-order valence-electron chi connectivity index (χ4n) is 1.56. The molecular weight excluding hydrogens is 250 g/mol. The quantitative estimate of drug-likeness (QED) is 0.402. The molecule has 0 aliphatic rings. The number of H-pyrrole nitrogens is 1. The maximum absolute atomic E-state index is 11.8. The molecule has 20 heavy (non-hydrogen) atoms. The number of hydroxylamine groups is 1. The summed E-state index contributed by atoms with van der Waals surface area (Å²) < 4.78 is 0.911. The second-order valence-corrected chi connectivity index (χ2v) is 5.58. The predicted molar refractivity (Wildman–Crippen MR) is 82.5 cm³/mol. The number of aromatic amines is 1. The average Bonchev–Trinajstić information content (AvgIpc) is 2.84. The number of rotatable bonds is 3. The van der Waals surface area contributed by atoms with Crippen molar-refractivity contribution in [2.24, 2.45) is 0 Å². The summed E-state index contributed by atoms with van der Waals surface area (Å²) in [6.45, 7) is 5.58. The van der Waals surface area contributed by atoms with Crippen LogP contribution < -0.4 is 0 Å². The lowest BCUT2D eigenvalue weighted by Gasteiger charge is -2.17. The molecule has 0 fully saturated rings. The Hall–Kier alpha value is -2.36. The van der Waals surface area contributed by atoms with E-state index in [1.807, 2.05) is 63.3 Å². The van der Waals surface area contributed by atoms with Crippen molar-refractivity contribution in [3.8, 4) is 0 Å². The zero-order valence-corrected chi connectivity index (χ0v) is 12.0. The highest BCUT2D eigenvalue weighted by Crippen LogP contribution is 2.07. The van der Waals surface area contributed by atoms with Crippen molar-refractivity contribution in [1.29, 1.82) is 0 Å². The zero-order chi connectivity index (χ0) is 14.6. The fraction of sp³-hybridized carbons (Fsp3) is 0.250. The summed E-state index contributed by atoms with van der Waals surface area (Å²) >= 11 is 0. The molecule has 4 nitrogen and oxygen atoms in total. The third kappa shape index (κ3) is 3.82. The van der Waals surface area contributed by atoms with Crippen molar-refractivity contribution in [2.75, 3.05) is 0 Å². The molecule has 1 aromatic carbocycles. The maximum atomic E-state index is 11.8. The lowest BCUT2D eigenvalue weighted by atomic mass is 10.1. The van der Waals surface area contributed by atoms with Crippen LogP contribution in [0.5, 0.6) is 0 Å². The highest BCUT2D eigenvalue weighted by atomic mass is 16.5. The van der Waals surface area contributed by atoms with Gasteiger partial charge < -0.3 is 10.2 Å². The van der Waals surface area contributed by atoms with E-state index in [9.17, 15) is 5.21 Å². The maximum Gasteiger partial charge on any atom is 0.202 e. The Morgan fingerprint density at radius 1 is 1.15 bits per heavy atom. The number of nitrogens with one attached hydrogen (secondary N) is 1. The molecule has 0 spiro atoms. The van der Waals surface area contributed by atoms with Gasteiger partial charge in [0.1, 0.15) is 11.5 Å². The van der Waals surface area contributed by atoms with Crippen molar-refractivity contribution >= 4 is 18.4 Å². The van der Waals surface area contributed by atoms with E-state index in [0.717, 1.165) is 16.1 Å². The summed E-state index contributed by atoms with van der Waals surface area (Å²) in [5, 5.41) is 11.8. The number of hydrogen-bond acceptors (Lipinski definition) is 2. The first-order valence-corrected chi connectivity index (χ1v) is 6.55. The predicted octanol–water partition coefficient (Wildman–Crippen LogP) is 3.31. The second-order valence-electron chi connectivity index (χ2n) is 5.58. The summed E-state index contributed by atoms with van der Waals surface area (Å²) in [7, 11) is 0. The minimum atomic E-state index is -0.459. The summed E-state index contributed by atoms with van der Waals surface area (Å²) in [5.74, 6) is 0.724. The van der Waals surface area contributed by atoms with Gasteiger partial charge in [-0.05, 0) is 11.6 Å². The number of aromatic nitrogens is 2. The summed E-state index contributed by atoms with van der Waals surface area (Å²) in [6, 6.07) is 9.99.